The highest BCUT2D eigenvalue weighted by molar-refractivity contribution is 7.20. The van der Waals surface area contributed by atoms with Gasteiger partial charge in [0.05, 0.1) is 16.1 Å². The monoisotopic (exact) mass is 410 g/mol. The van der Waals surface area contributed by atoms with Gasteiger partial charge < -0.3 is 15.6 Å². The first-order valence-corrected chi connectivity index (χ1v) is 9.56. The number of carbonyl (C=O) groups is 1. The molecule has 3 N–H and O–H groups in total. The minimum Gasteiger partial charge on any atom is -0.340 e. The molecule has 1 aliphatic carbocycles. The molecule has 0 bridgehead atoms. The van der Waals surface area contributed by atoms with E-state index in [-0.39, 0.29) is 18.3 Å². The lowest BCUT2D eigenvalue weighted by Gasteiger charge is -2.17. The Morgan fingerprint density at radius 1 is 1.44 bits per heavy atom. The van der Waals surface area contributed by atoms with Gasteiger partial charge in [-0.25, -0.2) is 0 Å². The van der Waals surface area contributed by atoms with Crippen LogP contribution < -0.4 is 11.1 Å². The van der Waals surface area contributed by atoms with Crippen LogP contribution in [0.15, 0.2) is 10.6 Å². The van der Waals surface area contributed by atoms with Gasteiger partial charge in [-0.15, -0.1) is 23.7 Å². The maximum Gasteiger partial charge on any atom is 0.262 e. The first-order valence-electron chi connectivity index (χ1n) is 8.74. The lowest BCUT2D eigenvalue weighted by atomic mass is 9.99. The van der Waals surface area contributed by atoms with Crippen molar-refractivity contribution in [2.75, 3.05) is 0 Å². The van der Waals surface area contributed by atoms with E-state index in [1.54, 1.807) is 4.68 Å². The van der Waals surface area contributed by atoms with Crippen molar-refractivity contribution in [1.82, 2.24) is 25.2 Å². The van der Waals surface area contributed by atoms with Gasteiger partial charge in [-0.1, -0.05) is 18.0 Å². The number of hydrogen-bond acceptors (Lipinski definition) is 7. The number of nitrogens with two attached hydrogens (primary N) is 1. The topological polar surface area (TPSA) is 112 Å². The van der Waals surface area contributed by atoms with Crippen molar-refractivity contribution in [3.8, 4) is 0 Å². The Morgan fingerprint density at radius 2 is 2.15 bits per heavy atom. The molecule has 10 heteroatoms. The highest BCUT2D eigenvalue weighted by atomic mass is 35.5. The van der Waals surface area contributed by atoms with Gasteiger partial charge in [0.2, 0.25) is 5.89 Å². The molecular formula is C17H23ClN6O2S. The normalized spacial score (nSPS) is 17.0. The molecule has 1 aliphatic rings. The van der Waals surface area contributed by atoms with Crippen molar-refractivity contribution in [3.05, 3.63) is 28.4 Å². The number of fused-ring (bicyclic) bond motifs is 1. The zero-order valence-corrected chi connectivity index (χ0v) is 17.1. The van der Waals surface area contributed by atoms with Gasteiger partial charge in [-0.3, -0.25) is 9.48 Å². The first kappa shape index (κ1) is 19.8. The zero-order chi connectivity index (χ0) is 18.5. The predicted molar refractivity (Wildman–Crippen MR) is 105 cm³/mol. The number of nitrogens with one attached hydrogen (secondary N) is 1. The second-order valence-corrected chi connectivity index (χ2v) is 8.08. The van der Waals surface area contributed by atoms with Crippen LogP contribution in [-0.4, -0.2) is 25.8 Å². The van der Waals surface area contributed by atoms with E-state index < -0.39 is 11.6 Å². The van der Waals surface area contributed by atoms with Crippen LogP contribution in [-0.2, 0) is 12.6 Å². The van der Waals surface area contributed by atoms with E-state index in [9.17, 15) is 4.79 Å². The van der Waals surface area contributed by atoms with Crippen LogP contribution in [0.25, 0.3) is 10.2 Å². The third-order valence-corrected chi connectivity index (χ3v) is 6.22. The Balaban J connectivity index is 0.00000210. The molecule has 1 atom stereocenters. The first-order chi connectivity index (χ1) is 12.4. The number of aromatic nitrogens is 4. The average Bonchev–Trinajstić information content (AvgIpc) is 3.35. The predicted octanol–water partition coefficient (Wildman–Crippen LogP) is 2.97. The number of aryl methyl sites for hydroxylation is 2. The number of amides is 1. The van der Waals surface area contributed by atoms with E-state index in [1.165, 1.54) is 11.3 Å². The zero-order valence-electron chi connectivity index (χ0n) is 15.5. The number of thiophene rings is 1. The van der Waals surface area contributed by atoms with Crippen LogP contribution in [0.4, 0.5) is 0 Å². The summed E-state index contributed by atoms with van der Waals surface area (Å²) in [6.45, 7) is 3.76. The molecule has 0 aromatic carbocycles. The summed E-state index contributed by atoms with van der Waals surface area (Å²) in [6, 6.07) is 1.48. The molecule has 27 heavy (non-hydrogen) atoms. The summed E-state index contributed by atoms with van der Waals surface area (Å²) >= 11 is 1.42. The Kier molecular flexibility index (Phi) is 5.29. The summed E-state index contributed by atoms with van der Waals surface area (Å²) in [5.41, 5.74) is 6.78. The molecule has 1 saturated carbocycles. The largest absolute Gasteiger partial charge is 0.340 e. The summed E-state index contributed by atoms with van der Waals surface area (Å²) in [6.07, 6.45) is 3.88. The maximum atomic E-state index is 12.6. The molecule has 0 spiro atoms. The van der Waals surface area contributed by atoms with Crippen LogP contribution in [0, 0.1) is 6.92 Å². The lowest BCUT2D eigenvalue weighted by Crippen LogP contribution is -2.34. The summed E-state index contributed by atoms with van der Waals surface area (Å²) in [7, 11) is 1.88. The molecule has 0 saturated heterocycles. The molecule has 0 aliphatic heterocycles. The number of carbonyl (C=O) groups excluding carboxylic acids is 1. The highest BCUT2D eigenvalue weighted by Crippen LogP contribution is 2.35. The molecule has 1 fully saturated rings. The van der Waals surface area contributed by atoms with E-state index in [4.69, 9.17) is 10.3 Å². The quantitative estimate of drug-likeness (QED) is 0.683. The van der Waals surface area contributed by atoms with Crippen molar-refractivity contribution >= 4 is 39.9 Å². The van der Waals surface area contributed by atoms with Crippen LogP contribution >= 0.6 is 23.7 Å². The Morgan fingerprint density at radius 3 is 2.81 bits per heavy atom. The van der Waals surface area contributed by atoms with Crippen molar-refractivity contribution in [1.29, 1.82) is 0 Å². The Bertz CT molecular complexity index is 937. The van der Waals surface area contributed by atoms with Gasteiger partial charge in [0, 0.05) is 12.4 Å². The second-order valence-electron chi connectivity index (χ2n) is 7.05. The van der Waals surface area contributed by atoms with Crippen LogP contribution in [0.2, 0.25) is 0 Å². The summed E-state index contributed by atoms with van der Waals surface area (Å²) < 4.78 is 7.15. The molecule has 3 heterocycles. The van der Waals surface area contributed by atoms with Crippen LogP contribution in [0.3, 0.4) is 0 Å². The minimum absolute atomic E-state index is 0. The Labute approximate surface area is 166 Å². The lowest BCUT2D eigenvalue weighted by molar-refractivity contribution is 0.0936. The van der Waals surface area contributed by atoms with Crippen molar-refractivity contribution < 1.29 is 9.32 Å². The minimum atomic E-state index is -0.499. The molecule has 3 aromatic rings. The fourth-order valence-corrected chi connectivity index (χ4v) is 4.52. The highest BCUT2D eigenvalue weighted by Gasteiger charge is 2.36. The van der Waals surface area contributed by atoms with Crippen LogP contribution in [0.1, 0.15) is 65.7 Å². The number of rotatable bonds is 4. The molecule has 3 aromatic heterocycles. The maximum absolute atomic E-state index is 12.6. The SMILES string of the molecule is Cc1nn(C)c2sc(C(=O)NC(C)c3nc(C4(N)CCCC4)no3)cc12.Cl. The Hall–Kier alpha value is -1.97. The number of halogens is 1. The molecule has 4 rings (SSSR count). The third kappa shape index (κ3) is 3.46. The molecule has 1 amide bonds. The van der Waals surface area contributed by atoms with E-state index in [0.717, 1.165) is 41.6 Å². The van der Waals surface area contributed by atoms with Gasteiger partial charge in [0.1, 0.15) is 10.9 Å². The molecule has 1 unspecified atom stereocenters. The second kappa shape index (κ2) is 7.21. The van der Waals surface area contributed by atoms with Gasteiger partial charge >= 0.3 is 0 Å². The summed E-state index contributed by atoms with van der Waals surface area (Å²) in [5, 5.41) is 12.3. The fourth-order valence-electron chi connectivity index (χ4n) is 3.49. The van der Waals surface area contributed by atoms with E-state index in [1.807, 2.05) is 27.0 Å². The van der Waals surface area contributed by atoms with E-state index >= 15 is 0 Å². The fraction of sp³-hybridized carbons (Fsp3) is 0.529. The van der Waals surface area contributed by atoms with Crippen molar-refractivity contribution in [2.45, 2.75) is 51.1 Å². The standard InChI is InChI=1S/C17H22N6O2S.ClH/c1-9-11-8-12(26-15(11)23(3)21-9)13(24)19-10(2)14-20-16(22-25-14)17(18)6-4-5-7-17;/h8,10H,4-7,18H2,1-3H3,(H,19,24);1H. The number of nitrogens with zero attached hydrogens (tertiary/aromatic N) is 4. The van der Waals surface area contributed by atoms with E-state index in [2.05, 4.69) is 20.6 Å². The smallest absolute Gasteiger partial charge is 0.262 e. The van der Waals surface area contributed by atoms with Gasteiger partial charge in [-0.05, 0) is 32.8 Å². The van der Waals surface area contributed by atoms with Gasteiger partial charge in [-0.2, -0.15) is 10.1 Å². The summed E-state index contributed by atoms with van der Waals surface area (Å²) in [5.74, 6) is 0.750. The van der Waals surface area contributed by atoms with Crippen molar-refractivity contribution in [3.63, 3.8) is 0 Å². The van der Waals surface area contributed by atoms with Crippen LogP contribution in [0.5, 0.6) is 0 Å². The third-order valence-electron chi connectivity index (χ3n) is 5.02. The average molecular weight is 411 g/mol. The summed E-state index contributed by atoms with van der Waals surface area (Å²) in [4.78, 5) is 18.7. The molecule has 146 valence electrons. The number of hydrogen-bond donors (Lipinski definition) is 2. The molecular weight excluding hydrogens is 388 g/mol. The van der Waals surface area contributed by atoms with E-state index in [0.29, 0.717) is 16.6 Å². The molecule has 8 nitrogen and oxygen atoms in total. The molecule has 0 radical (unpaired) electrons. The van der Waals surface area contributed by atoms with Gasteiger partial charge in [0.25, 0.3) is 5.91 Å². The van der Waals surface area contributed by atoms with Crippen molar-refractivity contribution in [2.24, 2.45) is 12.8 Å². The van der Waals surface area contributed by atoms with Gasteiger partial charge in [0.15, 0.2) is 5.82 Å².